The van der Waals surface area contributed by atoms with Gasteiger partial charge in [-0.3, -0.25) is 4.79 Å². The number of hydrogen-bond acceptors (Lipinski definition) is 5. The van der Waals surface area contributed by atoms with Gasteiger partial charge in [-0.2, -0.15) is 11.8 Å². The molecule has 1 aliphatic rings. The van der Waals surface area contributed by atoms with Gasteiger partial charge in [0.2, 0.25) is 15.9 Å². The Morgan fingerprint density at radius 2 is 2.25 bits per heavy atom. The van der Waals surface area contributed by atoms with Gasteiger partial charge in [-0.05, 0) is 34.1 Å². The Hall–Kier alpha value is -0.610. The molecule has 1 aromatic carbocycles. The van der Waals surface area contributed by atoms with Crippen molar-refractivity contribution in [2.24, 2.45) is 5.14 Å². The molecule has 1 atom stereocenters. The van der Waals surface area contributed by atoms with Crippen molar-refractivity contribution in [3.05, 3.63) is 22.7 Å². The van der Waals surface area contributed by atoms with Gasteiger partial charge in [-0.1, -0.05) is 0 Å². The van der Waals surface area contributed by atoms with Gasteiger partial charge < -0.3 is 10.6 Å². The minimum Gasteiger partial charge on any atom is -0.324 e. The van der Waals surface area contributed by atoms with Crippen molar-refractivity contribution >= 4 is 49.3 Å². The monoisotopic (exact) mass is 379 g/mol. The number of rotatable bonds is 3. The highest BCUT2D eigenvalue weighted by Gasteiger charge is 2.21. The van der Waals surface area contributed by atoms with Crippen LogP contribution in [0.15, 0.2) is 27.6 Å². The lowest BCUT2D eigenvalue weighted by Crippen LogP contribution is -2.46. The Bertz CT molecular complexity index is 615. The molecule has 0 aromatic heterocycles. The maximum Gasteiger partial charge on any atom is 0.242 e. The highest BCUT2D eigenvalue weighted by molar-refractivity contribution is 9.10. The van der Waals surface area contributed by atoms with Crippen molar-refractivity contribution in [2.45, 2.75) is 10.9 Å². The predicted molar refractivity (Wildman–Crippen MR) is 83.3 cm³/mol. The first-order chi connectivity index (χ1) is 9.38. The van der Waals surface area contributed by atoms with Gasteiger partial charge in [-0.25, -0.2) is 13.6 Å². The molecule has 110 valence electrons. The van der Waals surface area contributed by atoms with E-state index >= 15 is 0 Å². The van der Waals surface area contributed by atoms with Crippen LogP contribution in [-0.2, 0) is 14.8 Å². The molecule has 6 nitrogen and oxygen atoms in total. The van der Waals surface area contributed by atoms with Gasteiger partial charge in [0.1, 0.15) is 0 Å². The van der Waals surface area contributed by atoms with Gasteiger partial charge in [0.25, 0.3) is 0 Å². The van der Waals surface area contributed by atoms with Crippen LogP contribution in [0.5, 0.6) is 0 Å². The van der Waals surface area contributed by atoms with Crippen molar-refractivity contribution in [1.29, 1.82) is 0 Å². The number of thioether (sulfide) groups is 1. The highest BCUT2D eigenvalue weighted by Crippen LogP contribution is 2.25. The molecule has 9 heteroatoms. The summed E-state index contributed by atoms with van der Waals surface area (Å²) in [6, 6.07) is 4.00. The third-order valence-corrected chi connectivity index (χ3v) is 5.39. The Kier molecular flexibility index (Phi) is 5.08. The third kappa shape index (κ3) is 3.95. The standard InChI is InChI=1S/C11H14BrN3O3S2/c12-8-5-7(20(13,17)18)1-2-9(8)15-11(16)10-6-19-4-3-14-10/h1-2,5,10,14H,3-4,6H2,(H,15,16)(H2,13,17,18). The molecule has 2 rings (SSSR count). The molecule has 1 amide bonds. The summed E-state index contributed by atoms with van der Waals surface area (Å²) in [5.74, 6) is 1.58. The van der Waals surface area contributed by atoms with Crippen LogP contribution < -0.4 is 15.8 Å². The zero-order valence-corrected chi connectivity index (χ0v) is 13.6. The number of sulfonamides is 1. The molecular formula is C11H14BrN3O3S2. The summed E-state index contributed by atoms with van der Waals surface area (Å²) in [4.78, 5) is 12.0. The van der Waals surface area contributed by atoms with Crippen LogP contribution in [0, 0.1) is 0 Å². The normalized spacial score (nSPS) is 19.6. The number of primary sulfonamides is 1. The fraction of sp³-hybridized carbons (Fsp3) is 0.364. The van der Waals surface area contributed by atoms with Gasteiger partial charge >= 0.3 is 0 Å². The largest absolute Gasteiger partial charge is 0.324 e. The zero-order chi connectivity index (χ0) is 14.8. The second kappa shape index (κ2) is 6.44. The molecule has 1 fully saturated rings. The van der Waals surface area contributed by atoms with Gasteiger partial charge in [-0.15, -0.1) is 0 Å². The van der Waals surface area contributed by atoms with Crippen molar-refractivity contribution in [3.63, 3.8) is 0 Å². The second-order valence-corrected chi connectivity index (χ2v) is 7.82. The van der Waals surface area contributed by atoms with Crippen LogP contribution in [0.1, 0.15) is 0 Å². The van der Waals surface area contributed by atoms with E-state index in [0.717, 1.165) is 18.1 Å². The van der Waals surface area contributed by atoms with Crippen LogP contribution in [-0.4, -0.2) is 38.4 Å². The first-order valence-electron chi connectivity index (χ1n) is 5.82. The first-order valence-corrected chi connectivity index (χ1v) is 9.31. The quantitative estimate of drug-likeness (QED) is 0.718. The van der Waals surface area contributed by atoms with Crippen molar-refractivity contribution in [1.82, 2.24) is 5.32 Å². The first kappa shape index (κ1) is 15.8. The fourth-order valence-electron chi connectivity index (χ4n) is 1.73. The molecule has 0 bridgehead atoms. The molecule has 1 aliphatic heterocycles. The van der Waals surface area contributed by atoms with Crippen LogP contribution in [0.25, 0.3) is 0 Å². The van der Waals surface area contributed by atoms with Gasteiger partial charge in [0.15, 0.2) is 0 Å². The van der Waals surface area contributed by atoms with Crippen LogP contribution >= 0.6 is 27.7 Å². The average Bonchev–Trinajstić information content (AvgIpc) is 2.41. The highest BCUT2D eigenvalue weighted by atomic mass is 79.9. The number of halogens is 1. The summed E-state index contributed by atoms with van der Waals surface area (Å²) in [6.07, 6.45) is 0. The Morgan fingerprint density at radius 1 is 1.50 bits per heavy atom. The van der Waals surface area contributed by atoms with Crippen LogP contribution in [0.4, 0.5) is 5.69 Å². The summed E-state index contributed by atoms with van der Waals surface area (Å²) in [7, 11) is -3.75. The summed E-state index contributed by atoms with van der Waals surface area (Å²) >= 11 is 4.95. The van der Waals surface area contributed by atoms with E-state index in [1.54, 1.807) is 11.8 Å². The van der Waals surface area contributed by atoms with Crippen LogP contribution in [0.2, 0.25) is 0 Å². The number of carbonyl (C=O) groups excluding carboxylic acids is 1. The minimum atomic E-state index is -3.75. The number of nitrogens with two attached hydrogens (primary N) is 1. The van der Waals surface area contributed by atoms with Crippen molar-refractivity contribution in [2.75, 3.05) is 23.4 Å². The number of anilines is 1. The number of amides is 1. The molecule has 4 N–H and O–H groups in total. The van der Waals surface area contributed by atoms with E-state index in [-0.39, 0.29) is 16.8 Å². The van der Waals surface area contributed by atoms with E-state index < -0.39 is 10.0 Å². The summed E-state index contributed by atoms with van der Waals surface area (Å²) in [5.41, 5.74) is 0.514. The number of benzene rings is 1. The molecule has 1 saturated heterocycles. The van der Waals surface area contributed by atoms with E-state index in [1.807, 2.05) is 0 Å². The zero-order valence-electron chi connectivity index (χ0n) is 10.4. The van der Waals surface area contributed by atoms with Crippen LogP contribution in [0.3, 0.4) is 0 Å². The van der Waals surface area contributed by atoms with E-state index in [9.17, 15) is 13.2 Å². The molecule has 1 unspecified atom stereocenters. The fourth-order valence-corrected chi connectivity index (χ4v) is 3.83. The summed E-state index contributed by atoms with van der Waals surface area (Å²) in [6.45, 7) is 0.800. The lowest BCUT2D eigenvalue weighted by atomic mass is 10.2. The maximum atomic E-state index is 12.1. The molecule has 0 aliphatic carbocycles. The molecule has 0 radical (unpaired) electrons. The van der Waals surface area contributed by atoms with E-state index in [2.05, 4.69) is 26.6 Å². The third-order valence-electron chi connectivity index (χ3n) is 2.77. The molecule has 0 spiro atoms. The number of carbonyl (C=O) groups is 1. The van der Waals surface area contributed by atoms with Crippen molar-refractivity contribution < 1.29 is 13.2 Å². The Balaban J connectivity index is 2.11. The second-order valence-electron chi connectivity index (χ2n) is 4.26. The van der Waals surface area contributed by atoms with Gasteiger partial charge in [0, 0.05) is 22.5 Å². The molecule has 1 aromatic rings. The average molecular weight is 380 g/mol. The maximum absolute atomic E-state index is 12.1. The predicted octanol–water partition coefficient (Wildman–Crippen LogP) is 0.740. The minimum absolute atomic E-state index is 0.00581. The number of nitrogens with one attached hydrogen (secondary N) is 2. The molecule has 20 heavy (non-hydrogen) atoms. The molecule has 0 saturated carbocycles. The molecular weight excluding hydrogens is 366 g/mol. The smallest absolute Gasteiger partial charge is 0.242 e. The summed E-state index contributed by atoms with van der Waals surface area (Å²) < 4.78 is 22.9. The lowest BCUT2D eigenvalue weighted by Gasteiger charge is -2.22. The SMILES string of the molecule is NS(=O)(=O)c1ccc(NC(=O)C2CSCCN2)c(Br)c1. The van der Waals surface area contributed by atoms with E-state index in [4.69, 9.17) is 5.14 Å². The lowest BCUT2D eigenvalue weighted by molar-refractivity contribution is -0.117. The summed E-state index contributed by atoms with van der Waals surface area (Å²) in [5, 5.41) is 10.9. The number of hydrogen-bond donors (Lipinski definition) is 3. The Morgan fingerprint density at radius 3 is 2.80 bits per heavy atom. The van der Waals surface area contributed by atoms with E-state index in [1.165, 1.54) is 18.2 Å². The van der Waals surface area contributed by atoms with Gasteiger partial charge in [0.05, 0.1) is 16.6 Å². The van der Waals surface area contributed by atoms with Crippen molar-refractivity contribution in [3.8, 4) is 0 Å². The topological polar surface area (TPSA) is 101 Å². The Labute approximate surface area is 130 Å². The van der Waals surface area contributed by atoms with E-state index in [0.29, 0.717) is 10.2 Å². The molecule has 1 heterocycles.